The zero-order chi connectivity index (χ0) is 11.5. The topological polar surface area (TPSA) is 0 Å². The van der Waals surface area contributed by atoms with Crippen molar-refractivity contribution in [1.82, 2.24) is 0 Å². The fourth-order valence-electron chi connectivity index (χ4n) is 1.23. The minimum atomic E-state index is -4.30. The first kappa shape index (κ1) is 12.0. The van der Waals surface area contributed by atoms with E-state index < -0.39 is 17.9 Å². The van der Waals surface area contributed by atoms with Crippen LogP contribution in [0.2, 0.25) is 0 Å². The summed E-state index contributed by atoms with van der Waals surface area (Å²) in [6, 6.07) is 4.84. The Morgan fingerprint density at radius 3 is 2.07 bits per heavy atom. The standard InChI is InChI=1S/C11H12F4/c1-8(12)2-3-9-4-6-10(7-5-9)11(13,14)15/h4-8H,2-3H2,1H3. The van der Waals surface area contributed by atoms with Gasteiger partial charge in [-0.1, -0.05) is 12.1 Å². The van der Waals surface area contributed by atoms with Gasteiger partial charge in [-0.2, -0.15) is 13.2 Å². The number of hydrogen-bond donors (Lipinski definition) is 0. The highest BCUT2D eigenvalue weighted by molar-refractivity contribution is 5.24. The molecule has 0 aliphatic rings. The number of rotatable bonds is 3. The van der Waals surface area contributed by atoms with E-state index >= 15 is 0 Å². The van der Waals surface area contributed by atoms with Crippen LogP contribution in [0.15, 0.2) is 24.3 Å². The molecular weight excluding hydrogens is 208 g/mol. The van der Waals surface area contributed by atoms with E-state index in [-0.39, 0.29) is 0 Å². The van der Waals surface area contributed by atoms with Crippen LogP contribution >= 0.6 is 0 Å². The monoisotopic (exact) mass is 220 g/mol. The summed E-state index contributed by atoms with van der Waals surface area (Å²) in [5, 5.41) is 0. The van der Waals surface area contributed by atoms with Crippen LogP contribution in [-0.4, -0.2) is 6.17 Å². The van der Waals surface area contributed by atoms with E-state index in [1.165, 1.54) is 19.1 Å². The Hall–Kier alpha value is -1.06. The van der Waals surface area contributed by atoms with Crippen molar-refractivity contribution in [3.8, 4) is 0 Å². The summed E-state index contributed by atoms with van der Waals surface area (Å²) in [5.41, 5.74) is 0.0621. The van der Waals surface area contributed by atoms with Crippen LogP contribution in [0.4, 0.5) is 17.6 Å². The van der Waals surface area contributed by atoms with Crippen molar-refractivity contribution >= 4 is 0 Å². The fourth-order valence-corrected chi connectivity index (χ4v) is 1.23. The lowest BCUT2D eigenvalue weighted by atomic mass is 10.1. The maximum Gasteiger partial charge on any atom is 0.416 e. The number of halogens is 4. The molecule has 0 N–H and O–H groups in total. The summed E-state index contributed by atoms with van der Waals surface area (Å²) in [6.45, 7) is 1.43. The van der Waals surface area contributed by atoms with Gasteiger partial charge in [0.05, 0.1) is 11.7 Å². The maximum absolute atomic E-state index is 12.5. The summed E-state index contributed by atoms with van der Waals surface area (Å²) >= 11 is 0. The Kier molecular flexibility index (Phi) is 3.72. The van der Waals surface area contributed by atoms with Crippen molar-refractivity contribution < 1.29 is 17.6 Å². The molecule has 4 heteroatoms. The second-order valence-electron chi connectivity index (χ2n) is 3.51. The minimum absolute atomic E-state index is 0.339. The van der Waals surface area contributed by atoms with Crippen LogP contribution in [0.25, 0.3) is 0 Å². The molecule has 1 aromatic carbocycles. The highest BCUT2D eigenvalue weighted by Crippen LogP contribution is 2.29. The van der Waals surface area contributed by atoms with Gasteiger partial charge in [-0.15, -0.1) is 0 Å². The van der Waals surface area contributed by atoms with Crippen molar-refractivity contribution in [1.29, 1.82) is 0 Å². The van der Waals surface area contributed by atoms with Crippen LogP contribution in [0, 0.1) is 0 Å². The maximum atomic E-state index is 12.5. The second-order valence-corrected chi connectivity index (χ2v) is 3.51. The van der Waals surface area contributed by atoms with Crippen molar-refractivity contribution in [3.05, 3.63) is 35.4 Å². The molecule has 1 unspecified atom stereocenters. The van der Waals surface area contributed by atoms with Gasteiger partial charge in [0.25, 0.3) is 0 Å². The molecule has 1 atom stereocenters. The lowest BCUT2D eigenvalue weighted by Crippen LogP contribution is -2.04. The molecule has 0 radical (unpaired) electrons. The minimum Gasteiger partial charge on any atom is -0.248 e. The van der Waals surface area contributed by atoms with E-state index in [0.29, 0.717) is 12.8 Å². The van der Waals surface area contributed by atoms with Gasteiger partial charge in [0.1, 0.15) is 0 Å². The molecule has 0 spiro atoms. The summed E-state index contributed by atoms with van der Waals surface area (Å²) in [7, 11) is 0. The predicted octanol–water partition coefficient (Wildman–Crippen LogP) is 4.00. The molecule has 15 heavy (non-hydrogen) atoms. The molecule has 0 fully saturated rings. The molecule has 0 saturated heterocycles. The smallest absolute Gasteiger partial charge is 0.248 e. The van der Waals surface area contributed by atoms with E-state index in [4.69, 9.17) is 0 Å². The zero-order valence-electron chi connectivity index (χ0n) is 8.31. The Morgan fingerprint density at radius 2 is 1.67 bits per heavy atom. The lowest BCUT2D eigenvalue weighted by Gasteiger charge is -2.07. The predicted molar refractivity (Wildman–Crippen MR) is 50.3 cm³/mol. The Morgan fingerprint density at radius 1 is 1.13 bits per heavy atom. The number of aryl methyl sites for hydroxylation is 1. The average Bonchev–Trinajstić information content (AvgIpc) is 2.14. The first-order valence-corrected chi connectivity index (χ1v) is 4.70. The van der Waals surface area contributed by atoms with Crippen LogP contribution in [0.3, 0.4) is 0 Å². The SMILES string of the molecule is CC(F)CCc1ccc(C(F)(F)F)cc1. The summed E-state index contributed by atoms with van der Waals surface area (Å²) < 4.78 is 49.0. The van der Waals surface area contributed by atoms with E-state index in [2.05, 4.69) is 0 Å². The largest absolute Gasteiger partial charge is 0.416 e. The highest BCUT2D eigenvalue weighted by atomic mass is 19.4. The molecule has 1 aromatic rings. The molecule has 0 aliphatic heterocycles. The van der Waals surface area contributed by atoms with Crippen LogP contribution in [0.5, 0.6) is 0 Å². The molecule has 0 aliphatic carbocycles. The first-order chi connectivity index (χ1) is 6.89. The lowest BCUT2D eigenvalue weighted by molar-refractivity contribution is -0.137. The molecular formula is C11H12F4. The number of benzene rings is 1. The fraction of sp³-hybridized carbons (Fsp3) is 0.455. The summed E-state index contributed by atoms with van der Waals surface area (Å²) in [4.78, 5) is 0. The van der Waals surface area contributed by atoms with Crippen molar-refractivity contribution in [2.75, 3.05) is 0 Å². The van der Waals surface area contributed by atoms with Crippen molar-refractivity contribution in [2.24, 2.45) is 0 Å². The van der Waals surface area contributed by atoms with Crippen molar-refractivity contribution in [3.63, 3.8) is 0 Å². The van der Waals surface area contributed by atoms with E-state index in [0.717, 1.165) is 17.7 Å². The molecule has 84 valence electrons. The van der Waals surface area contributed by atoms with Gasteiger partial charge >= 0.3 is 6.18 Å². The van der Waals surface area contributed by atoms with Crippen molar-refractivity contribution in [2.45, 2.75) is 32.1 Å². The molecule has 0 heterocycles. The third-order valence-corrected chi connectivity index (χ3v) is 2.11. The normalized spacial score (nSPS) is 13.9. The molecule has 0 nitrogen and oxygen atoms in total. The van der Waals surface area contributed by atoms with Gasteiger partial charge in [-0.25, -0.2) is 4.39 Å². The Balaban J connectivity index is 2.65. The van der Waals surface area contributed by atoms with Gasteiger partial charge in [0, 0.05) is 0 Å². The van der Waals surface area contributed by atoms with Crippen LogP contribution < -0.4 is 0 Å². The zero-order valence-corrected chi connectivity index (χ0v) is 8.31. The van der Waals surface area contributed by atoms with Gasteiger partial charge in [-0.05, 0) is 37.5 Å². The van der Waals surface area contributed by atoms with Gasteiger partial charge in [0.15, 0.2) is 0 Å². The van der Waals surface area contributed by atoms with Gasteiger partial charge in [0.2, 0.25) is 0 Å². The quantitative estimate of drug-likeness (QED) is 0.675. The Labute approximate surface area is 85.9 Å². The number of alkyl halides is 4. The molecule has 1 rings (SSSR count). The first-order valence-electron chi connectivity index (χ1n) is 4.70. The molecule has 0 bridgehead atoms. The second kappa shape index (κ2) is 4.64. The number of hydrogen-bond acceptors (Lipinski definition) is 0. The molecule has 0 saturated carbocycles. The van der Waals surface area contributed by atoms with Gasteiger partial charge < -0.3 is 0 Å². The molecule has 0 aromatic heterocycles. The van der Waals surface area contributed by atoms with E-state index in [1.54, 1.807) is 0 Å². The van der Waals surface area contributed by atoms with E-state index in [1.807, 2.05) is 0 Å². The highest BCUT2D eigenvalue weighted by Gasteiger charge is 2.29. The van der Waals surface area contributed by atoms with E-state index in [9.17, 15) is 17.6 Å². The molecule has 0 amide bonds. The third kappa shape index (κ3) is 3.90. The third-order valence-electron chi connectivity index (χ3n) is 2.11. The van der Waals surface area contributed by atoms with Crippen LogP contribution in [-0.2, 0) is 12.6 Å². The van der Waals surface area contributed by atoms with Gasteiger partial charge in [-0.3, -0.25) is 0 Å². The summed E-state index contributed by atoms with van der Waals surface area (Å²) in [5.74, 6) is 0. The van der Waals surface area contributed by atoms with Crippen LogP contribution in [0.1, 0.15) is 24.5 Å². The summed E-state index contributed by atoms with van der Waals surface area (Å²) in [6.07, 6.45) is -4.42. The Bertz CT molecular complexity index is 297. The average molecular weight is 220 g/mol.